The zero-order valence-electron chi connectivity index (χ0n) is 11.1. The molecule has 0 aliphatic carbocycles. The zero-order chi connectivity index (χ0) is 13.8. The zero-order valence-corrected chi connectivity index (χ0v) is 13.5. The van der Waals surface area contributed by atoms with E-state index in [1.165, 1.54) is 0 Å². The Hall–Kier alpha value is -0.650. The molecule has 0 aliphatic rings. The SMILES string of the molecule is CC(NCCCS(C)=O)c1cc2cc(Br)ccc2o1. The maximum absolute atomic E-state index is 11.0. The predicted octanol–water partition coefficient (Wildman–Crippen LogP) is 3.61. The molecule has 0 radical (unpaired) electrons. The van der Waals surface area contributed by atoms with Crippen LogP contribution in [0.3, 0.4) is 0 Å². The van der Waals surface area contributed by atoms with Crippen molar-refractivity contribution in [3.05, 3.63) is 34.5 Å². The lowest BCUT2D eigenvalue weighted by Crippen LogP contribution is -2.20. The fourth-order valence-electron chi connectivity index (χ4n) is 1.94. The Morgan fingerprint density at radius 2 is 2.21 bits per heavy atom. The first-order chi connectivity index (χ1) is 9.06. The Bertz CT molecular complexity index is 582. The molecule has 2 rings (SSSR count). The van der Waals surface area contributed by atoms with E-state index in [1.807, 2.05) is 12.1 Å². The molecule has 1 heterocycles. The van der Waals surface area contributed by atoms with Crippen molar-refractivity contribution in [2.45, 2.75) is 19.4 Å². The van der Waals surface area contributed by atoms with E-state index in [-0.39, 0.29) is 6.04 Å². The van der Waals surface area contributed by atoms with Crippen molar-refractivity contribution in [3.63, 3.8) is 0 Å². The Morgan fingerprint density at radius 1 is 1.42 bits per heavy atom. The van der Waals surface area contributed by atoms with Crippen LogP contribution in [-0.4, -0.2) is 22.8 Å². The Balaban J connectivity index is 1.97. The van der Waals surface area contributed by atoms with Gasteiger partial charge in [0.15, 0.2) is 0 Å². The third-order valence-corrected chi connectivity index (χ3v) is 4.34. The van der Waals surface area contributed by atoms with Gasteiger partial charge in [-0.15, -0.1) is 0 Å². The molecule has 0 saturated carbocycles. The lowest BCUT2D eigenvalue weighted by molar-refractivity contribution is 0.452. The fourth-order valence-corrected chi connectivity index (χ4v) is 2.87. The van der Waals surface area contributed by atoms with Gasteiger partial charge in [0.1, 0.15) is 11.3 Å². The quantitative estimate of drug-likeness (QED) is 0.814. The third kappa shape index (κ3) is 4.16. The van der Waals surface area contributed by atoms with E-state index in [2.05, 4.69) is 40.3 Å². The molecule has 1 N–H and O–H groups in total. The first-order valence-electron chi connectivity index (χ1n) is 6.28. The number of hydrogen-bond acceptors (Lipinski definition) is 3. The molecule has 0 bridgehead atoms. The lowest BCUT2D eigenvalue weighted by atomic mass is 10.2. The second-order valence-electron chi connectivity index (χ2n) is 4.64. The number of fused-ring (bicyclic) bond motifs is 1. The molecule has 0 spiro atoms. The van der Waals surface area contributed by atoms with Gasteiger partial charge in [0.05, 0.1) is 6.04 Å². The summed E-state index contributed by atoms with van der Waals surface area (Å²) >= 11 is 3.46. The second-order valence-corrected chi connectivity index (χ2v) is 7.11. The van der Waals surface area contributed by atoms with Crippen LogP contribution in [0, 0.1) is 0 Å². The van der Waals surface area contributed by atoms with Crippen LogP contribution in [0.15, 0.2) is 33.2 Å². The minimum Gasteiger partial charge on any atom is -0.459 e. The Labute approximate surface area is 124 Å². The summed E-state index contributed by atoms with van der Waals surface area (Å²) in [6.07, 6.45) is 2.65. The molecule has 3 nitrogen and oxygen atoms in total. The molecular weight excluding hydrogens is 326 g/mol. The van der Waals surface area contributed by atoms with E-state index in [9.17, 15) is 4.21 Å². The number of hydrogen-bond donors (Lipinski definition) is 1. The summed E-state index contributed by atoms with van der Waals surface area (Å²) in [5.74, 6) is 1.68. The highest BCUT2D eigenvalue weighted by atomic mass is 79.9. The number of benzene rings is 1. The molecule has 0 saturated heterocycles. The highest BCUT2D eigenvalue weighted by Crippen LogP contribution is 2.26. The van der Waals surface area contributed by atoms with E-state index in [1.54, 1.807) is 6.26 Å². The summed E-state index contributed by atoms with van der Waals surface area (Å²) in [6, 6.07) is 8.22. The van der Waals surface area contributed by atoms with Gasteiger partial charge in [-0.25, -0.2) is 0 Å². The minimum atomic E-state index is -0.708. The van der Waals surface area contributed by atoms with Crippen LogP contribution in [0.25, 0.3) is 11.0 Å². The minimum absolute atomic E-state index is 0.163. The molecule has 2 unspecified atom stereocenters. The average molecular weight is 344 g/mol. The van der Waals surface area contributed by atoms with Crippen molar-refractivity contribution in [1.82, 2.24) is 5.32 Å². The average Bonchev–Trinajstić information content (AvgIpc) is 2.77. The number of rotatable bonds is 6. The van der Waals surface area contributed by atoms with Crippen LogP contribution < -0.4 is 5.32 Å². The summed E-state index contributed by atoms with van der Waals surface area (Å²) in [5.41, 5.74) is 0.904. The molecule has 19 heavy (non-hydrogen) atoms. The Kier molecular flexibility index (Phi) is 5.19. The van der Waals surface area contributed by atoms with Crippen molar-refractivity contribution in [3.8, 4) is 0 Å². The highest BCUT2D eigenvalue weighted by molar-refractivity contribution is 9.10. The molecule has 0 fully saturated rings. The largest absolute Gasteiger partial charge is 0.459 e. The molecule has 1 aromatic heterocycles. The van der Waals surface area contributed by atoms with Gasteiger partial charge < -0.3 is 9.73 Å². The van der Waals surface area contributed by atoms with Crippen molar-refractivity contribution < 1.29 is 8.63 Å². The van der Waals surface area contributed by atoms with Gasteiger partial charge in [0.25, 0.3) is 0 Å². The second kappa shape index (κ2) is 6.68. The third-order valence-electron chi connectivity index (χ3n) is 2.98. The summed E-state index contributed by atoms with van der Waals surface area (Å²) in [7, 11) is -0.708. The monoisotopic (exact) mass is 343 g/mol. The van der Waals surface area contributed by atoms with E-state index in [4.69, 9.17) is 4.42 Å². The molecule has 0 aliphatic heterocycles. The normalized spacial score (nSPS) is 14.7. The van der Waals surface area contributed by atoms with Gasteiger partial charge in [0.2, 0.25) is 0 Å². The van der Waals surface area contributed by atoms with E-state index in [0.29, 0.717) is 0 Å². The summed E-state index contributed by atoms with van der Waals surface area (Å²) in [5, 5.41) is 4.49. The molecule has 1 aromatic carbocycles. The van der Waals surface area contributed by atoms with Gasteiger partial charge in [-0.05, 0) is 44.2 Å². The molecule has 2 atom stereocenters. The number of halogens is 1. The fraction of sp³-hybridized carbons (Fsp3) is 0.429. The predicted molar refractivity (Wildman–Crippen MR) is 83.9 cm³/mol. The van der Waals surface area contributed by atoms with Crippen LogP contribution in [0.1, 0.15) is 25.1 Å². The first kappa shape index (κ1) is 14.8. The van der Waals surface area contributed by atoms with E-state index >= 15 is 0 Å². The Morgan fingerprint density at radius 3 is 2.95 bits per heavy atom. The van der Waals surface area contributed by atoms with Crippen LogP contribution in [0.2, 0.25) is 0 Å². The van der Waals surface area contributed by atoms with Crippen LogP contribution in [-0.2, 0) is 10.8 Å². The summed E-state index contributed by atoms with van der Waals surface area (Å²) in [6.45, 7) is 2.93. The lowest BCUT2D eigenvalue weighted by Gasteiger charge is -2.10. The number of furan rings is 1. The molecule has 0 amide bonds. The van der Waals surface area contributed by atoms with Gasteiger partial charge >= 0.3 is 0 Å². The van der Waals surface area contributed by atoms with Crippen molar-refractivity contribution in [2.24, 2.45) is 0 Å². The van der Waals surface area contributed by atoms with Crippen LogP contribution in [0.5, 0.6) is 0 Å². The topological polar surface area (TPSA) is 42.2 Å². The maximum atomic E-state index is 11.0. The van der Waals surface area contributed by atoms with Crippen molar-refractivity contribution >= 4 is 37.7 Å². The molecule has 5 heteroatoms. The molecule has 104 valence electrons. The maximum Gasteiger partial charge on any atom is 0.134 e. The van der Waals surface area contributed by atoms with E-state index < -0.39 is 10.8 Å². The highest BCUT2D eigenvalue weighted by Gasteiger charge is 2.11. The van der Waals surface area contributed by atoms with Gasteiger partial charge in [-0.3, -0.25) is 4.21 Å². The summed E-state index contributed by atoms with van der Waals surface area (Å²) in [4.78, 5) is 0. The van der Waals surface area contributed by atoms with Gasteiger partial charge in [0, 0.05) is 32.7 Å². The van der Waals surface area contributed by atoms with Crippen molar-refractivity contribution in [1.29, 1.82) is 0 Å². The smallest absolute Gasteiger partial charge is 0.134 e. The number of nitrogens with one attached hydrogen (secondary N) is 1. The van der Waals surface area contributed by atoms with Gasteiger partial charge in [-0.2, -0.15) is 0 Å². The van der Waals surface area contributed by atoms with Crippen LogP contribution >= 0.6 is 15.9 Å². The van der Waals surface area contributed by atoms with Crippen molar-refractivity contribution in [2.75, 3.05) is 18.6 Å². The van der Waals surface area contributed by atoms with Crippen LogP contribution in [0.4, 0.5) is 0 Å². The standard InChI is InChI=1S/C14H18BrNO2S/c1-10(16-6-3-7-19(2)17)14-9-11-8-12(15)4-5-13(11)18-14/h4-5,8-10,16H,3,6-7H2,1-2H3. The molecule has 2 aromatic rings. The van der Waals surface area contributed by atoms with E-state index in [0.717, 1.165) is 39.9 Å². The molecular formula is C14H18BrNO2S. The summed E-state index contributed by atoms with van der Waals surface area (Å²) < 4.78 is 17.8. The first-order valence-corrected chi connectivity index (χ1v) is 8.80. The van der Waals surface area contributed by atoms with Gasteiger partial charge in [-0.1, -0.05) is 15.9 Å².